The molecule has 5 aromatic carbocycles. The van der Waals surface area contributed by atoms with Crippen molar-refractivity contribution in [1.29, 1.82) is 0 Å². The summed E-state index contributed by atoms with van der Waals surface area (Å²) in [4.78, 5) is -0.151. The molecule has 5 aromatic rings. The quantitative estimate of drug-likeness (QED) is 0.158. The summed E-state index contributed by atoms with van der Waals surface area (Å²) in [5, 5.41) is 1.65. The van der Waals surface area contributed by atoms with Gasteiger partial charge in [-0.05, 0) is 71.3 Å². The first-order valence-corrected chi connectivity index (χ1v) is 16.8. The van der Waals surface area contributed by atoms with Crippen molar-refractivity contribution in [3.63, 3.8) is 0 Å². The fourth-order valence-electron chi connectivity index (χ4n) is 5.95. The molecule has 0 aliphatic heterocycles. The second-order valence-electron chi connectivity index (χ2n) is 10.5. The van der Waals surface area contributed by atoms with Gasteiger partial charge in [-0.2, -0.15) is 16.8 Å². The standard InChI is InChI=1S/C34H30O6S2/c35-41(36,37)32-22-21-31(28-19-9-1-2-10-20-29(28)32)40-42(38,39)34-30(24-13-5-3-6-14-24)23-26-17-11-12-18-27(26)33(34)25-15-7-4-8-16-25/h3-8,11-18,21-23H,1-2,9-10,19-20H2,(H,35,36,37). The highest BCUT2D eigenvalue weighted by atomic mass is 32.2. The molecule has 1 aliphatic carbocycles. The molecule has 0 atom stereocenters. The van der Waals surface area contributed by atoms with Crippen molar-refractivity contribution in [2.45, 2.75) is 48.3 Å². The summed E-state index contributed by atoms with van der Waals surface area (Å²) in [6.07, 6.45) is 4.18. The molecule has 0 saturated heterocycles. The fraction of sp³-hybridized carbons (Fsp3) is 0.176. The van der Waals surface area contributed by atoms with Crippen LogP contribution in [0.25, 0.3) is 33.0 Å². The number of benzene rings is 5. The van der Waals surface area contributed by atoms with Gasteiger partial charge >= 0.3 is 10.1 Å². The Kier molecular flexibility index (Phi) is 7.62. The molecule has 0 amide bonds. The Morgan fingerprint density at radius 3 is 1.88 bits per heavy atom. The van der Waals surface area contributed by atoms with Gasteiger partial charge in [-0.15, -0.1) is 0 Å². The zero-order chi connectivity index (χ0) is 29.3. The molecule has 0 fully saturated rings. The van der Waals surface area contributed by atoms with Gasteiger partial charge in [-0.1, -0.05) is 97.8 Å². The third kappa shape index (κ3) is 5.45. The minimum absolute atomic E-state index is 0.0389. The first-order chi connectivity index (χ1) is 20.2. The summed E-state index contributed by atoms with van der Waals surface area (Å²) < 4.78 is 69.6. The average Bonchev–Trinajstić information content (AvgIpc) is 2.97. The van der Waals surface area contributed by atoms with Gasteiger partial charge in [-0.3, -0.25) is 4.55 Å². The molecule has 214 valence electrons. The van der Waals surface area contributed by atoms with Crippen LogP contribution in [-0.2, 0) is 33.1 Å². The molecule has 0 unspecified atom stereocenters. The van der Waals surface area contributed by atoms with E-state index in [1.54, 1.807) is 0 Å². The van der Waals surface area contributed by atoms with Crippen LogP contribution in [0.4, 0.5) is 0 Å². The Hall–Kier alpha value is -3.98. The van der Waals surface area contributed by atoms with Gasteiger partial charge < -0.3 is 4.18 Å². The molecule has 0 radical (unpaired) electrons. The van der Waals surface area contributed by atoms with E-state index >= 15 is 0 Å². The van der Waals surface area contributed by atoms with Crippen LogP contribution in [0.5, 0.6) is 5.75 Å². The summed E-state index contributed by atoms with van der Waals surface area (Å²) in [6.45, 7) is 0. The van der Waals surface area contributed by atoms with E-state index in [0.717, 1.165) is 47.6 Å². The lowest BCUT2D eigenvalue weighted by Gasteiger charge is -2.22. The third-order valence-electron chi connectivity index (χ3n) is 7.83. The normalized spacial score (nSPS) is 14.1. The summed E-state index contributed by atoms with van der Waals surface area (Å²) in [6, 6.07) is 30.9. The van der Waals surface area contributed by atoms with Crippen molar-refractivity contribution in [3.05, 3.63) is 114 Å². The third-order valence-corrected chi connectivity index (χ3v) is 10.1. The maximum Gasteiger partial charge on any atom is 0.340 e. The lowest BCUT2D eigenvalue weighted by atomic mass is 9.92. The zero-order valence-electron chi connectivity index (χ0n) is 22.9. The van der Waals surface area contributed by atoms with Crippen LogP contribution in [0.1, 0.15) is 36.8 Å². The van der Waals surface area contributed by atoms with Gasteiger partial charge in [0.05, 0.1) is 4.90 Å². The molecule has 0 aromatic heterocycles. The van der Waals surface area contributed by atoms with E-state index in [-0.39, 0.29) is 15.5 Å². The number of rotatable bonds is 6. The molecule has 0 spiro atoms. The molecule has 0 saturated carbocycles. The van der Waals surface area contributed by atoms with E-state index in [2.05, 4.69) is 0 Å². The second-order valence-corrected chi connectivity index (χ2v) is 13.4. The molecule has 1 N–H and O–H groups in total. The van der Waals surface area contributed by atoms with Crippen LogP contribution in [-0.4, -0.2) is 21.4 Å². The molecule has 42 heavy (non-hydrogen) atoms. The number of hydrogen-bond acceptors (Lipinski definition) is 5. The Balaban J connectivity index is 1.63. The van der Waals surface area contributed by atoms with Crippen LogP contribution < -0.4 is 4.18 Å². The van der Waals surface area contributed by atoms with Gasteiger partial charge in [0.1, 0.15) is 10.6 Å². The Bertz CT molecular complexity index is 1990. The minimum Gasteiger partial charge on any atom is -0.379 e. The topological polar surface area (TPSA) is 97.7 Å². The van der Waals surface area contributed by atoms with E-state index in [9.17, 15) is 21.4 Å². The smallest absolute Gasteiger partial charge is 0.340 e. The number of hydrogen-bond donors (Lipinski definition) is 1. The van der Waals surface area contributed by atoms with Crippen LogP contribution >= 0.6 is 0 Å². The van der Waals surface area contributed by atoms with Crippen LogP contribution in [0.2, 0.25) is 0 Å². The van der Waals surface area contributed by atoms with E-state index in [1.165, 1.54) is 12.1 Å². The predicted molar refractivity (Wildman–Crippen MR) is 165 cm³/mol. The molecular formula is C34H30O6S2. The maximum atomic E-state index is 14.6. The van der Waals surface area contributed by atoms with Crippen molar-refractivity contribution < 1.29 is 25.6 Å². The van der Waals surface area contributed by atoms with Gasteiger partial charge in [0.25, 0.3) is 10.1 Å². The van der Waals surface area contributed by atoms with E-state index in [0.29, 0.717) is 35.1 Å². The summed E-state index contributed by atoms with van der Waals surface area (Å²) in [7, 11) is -8.98. The predicted octanol–water partition coefficient (Wildman–Crippen LogP) is 7.85. The average molecular weight is 599 g/mol. The fourth-order valence-corrected chi connectivity index (χ4v) is 8.12. The highest BCUT2D eigenvalue weighted by Gasteiger charge is 2.31. The van der Waals surface area contributed by atoms with Crippen molar-refractivity contribution in [2.24, 2.45) is 0 Å². The number of fused-ring (bicyclic) bond motifs is 2. The lowest BCUT2D eigenvalue weighted by Crippen LogP contribution is -2.16. The first kappa shape index (κ1) is 28.2. The minimum atomic E-state index is -4.50. The van der Waals surface area contributed by atoms with E-state index in [1.807, 2.05) is 91.0 Å². The highest BCUT2D eigenvalue weighted by molar-refractivity contribution is 7.87. The van der Waals surface area contributed by atoms with Crippen molar-refractivity contribution in [1.82, 2.24) is 0 Å². The Morgan fingerprint density at radius 2 is 1.21 bits per heavy atom. The monoisotopic (exact) mass is 598 g/mol. The molecule has 0 heterocycles. The first-order valence-electron chi connectivity index (χ1n) is 14.0. The summed E-state index contributed by atoms with van der Waals surface area (Å²) in [5.74, 6) is 0.0884. The highest BCUT2D eigenvalue weighted by Crippen LogP contribution is 2.43. The van der Waals surface area contributed by atoms with Crippen LogP contribution in [0, 0.1) is 0 Å². The van der Waals surface area contributed by atoms with Gasteiger partial charge in [-0.25, -0.2) is 0 Å². The Morgan fingerprint density at radius 1 is 0.619 bits per heavy atom. The van der Waals surface area contributed by atoms with Gasteiger partial charge in [0.2, 0.25) is 0 Å². The summed E-state index contributed by atoms with van der Waals surface area (Å²) >= 11 is 0. The Labute approximate surface area is 246 Å². The van der Waals surface area contributed by atoms with Crippen molar-refractivity contribution in [3.8, 4) is 28.0 Å². The molecule has 0 bridgehead atoms. The van der Waals surface area contributed by atoms with Gasteiger partial charge in [0.15, 0.2) is 0 Å². The zero-order valence-corrected chi connectivity index (χ0v) is 24.5. The van der Waals surface area contributed by atoms with Crippen LogP contribution in [0.15, 0.2) is 113 Å². The SMILES string of the molecule is O=S(=O)(O)c1ccc(OS(=O)(=O)c2c(-c3ccccc3)cc3ccccc3c2-c2ccccc2)c2c1CCCCCC2. The van der Waals surface area contributed by atoms with Crippen molar-refractivity contribution in [2.75, 3.05) is 0 Å². The molecule has 8 heteroatoms. The second kappa shape index (κ2) is 11.4. The molecule has 1 aliphatic rings. The van der Waals surface area contributed by atoms with E-state index < -0.39 is 20.2 Å². The molecule has 6 nitrogen and oxygen atoms in total. The van der Waals surface area contributed by atoms with E-state index in [4.69, 9.17) is 4.18 Å². The summed E-state index contributed by atoms with van der Waals surface area (Å²) in [5.41, 5.74) is 3.42. The van der Waals surface area contributed by atoms with Crippen molar-refractivity contribution >= 4 is 31.0 Å². The van der Waals surface area contributed by atoms with Gasteiger partial charge in [0, 0.05) is 16.7 Å². The lowest BCUT2D eigenvalue weighted by molar-refractivity contribution is 0.475. The maximum absolute atomic E-state index is 14.6. The largest absolute Gasteiger partial charge is 0.379 e. The van der Waals surface area contributed by atoms with Crippen LogP contribution in [0.3, 0.4) is 0 Å². The molecular weight excluding hydrogens is 569 g/mol. The molecule has 6 rings (SSSR count).